The molecule has 2 aliphatic rings. The molecule has 0 bridgehead atoms. The molecule has 1 aromatic rings. The number of hydrogen-bond donors (Lipinski definition) is 1. The first-order valence-electron chi connectivity index (χ1n) is 9.79. The van der Waals surface area contributed by atoms with Gasteiger partial charge in [-0.25, -0.2) is 9.48 Å². The number of aromatic nitrogens is 2. The van der Waals surface area contributed by atoms with Gasteiger partial charge in [0, 0.05) is 12.1 Å². The molecule has 1 aromatic heterocycles. The molecule has 1 saturated heterocycles. The predicted molar refractivity (Wildman–Crippen MR) is 103 cm³/mol. The Bertz CT molecular complexity index is 833. The van der Waals surface area contributed by atoms with E-state index in [4.69, 9.17) is 4.74 Å². The normalized spacial score (nSPS) is 23.1. The number of imide groups is 1. The van der Waals surface area contributed by atoms with Crippen LogP contribution < -0.4 is 5.32 Å². The molecule has 0 unspecified atom stereocenters. The van der Waals surface area contributed by atoms with E-state index in [1.807, 2.05) is 26.0 Å². The fourth-order valence-corrected chi connectivity index (χ4v) is 3.69. The Kier molecular flexibility index (Phi) is 5.86. The highest BCUT2D eigenvalue weighted by molar-refractivity contribution is 6.08. The zero-order valence-electron chi connectivity index (χ0n) is 17.0. The first-order valence-corrected chi connectivity index (χ1v) is 9.79. The molecule has 1 aliphatic heterocycles. The Balaban J connectivity index is 1.62. The summed E-state index contributed by atoms with van der Waals surface area (Å²) in [6.07, 6.45) is 5.22. The number of likely N-dealkylation sites (tertiary alicyclic amines) is 1. The lowest BCUT2D eigenvalue weighted by Gasteiger charge is -2.23. The first kappa shape index (κ1) is 20.8. The molecule has 3 amide bonds. The van der Waals surface area contributed by atoms with E-state index in [1.54, 1.807) is 16.9 Å². The van der Waals surface area contributed by atoms with Crippen molar-refractivity contribution in [1.82, 2.24) is 14.7 Å². The van der Waals surface area contributed by atoms with Crippen molar-refractivity contribution >= 4 is 29.5 Å². The van der Waals surface area contributed by atoms with E-state index in [-0.39, 0.29) is 17.9 Å². The van der Waals surface area contributed by atoms with Crippen molar-refractivity contribution in [3.05, 3.63) is 24.4 Å². The number of nitrogens with zero attached hydrogens (tertiary/aromatic N) is 3. The minimum Gasteiger partial charge on any atom is -0.451 e. The van der Waals surface area contributed by atoms with Crippen LogP contribution in [-0.4, -0.2) is 50.5 Å². The molecule has 4 atom stereocenters. The second kappa shape index (κ2) is 8.18. The van der Waals surface area contributed by atoms with Crippen molar-refractivity contribution in [2.45, 2.75) is 58.7 Å². The average molecular weight is 402 g/mol. The second-order valence-electron chi connectivity index (χ2n) is 7.70. The number of ether oxygens (including phenoxy) is 1. The highest BCUT2D eigenvalue weighted by atomic mass is 16.5. The van der Waals surface area contributed by atoms with Gasteiger partial charge in [0.2, 0.25) is 11.8 Å². The molecule has 0 saturated carbocycles. The van der Waals surface area contributed by atoms with Gasteiger partial charge >= 0.3 is 5.97 Å². The maximum Gasteiger partial charge on any atom is 0.329 e. The van der Waals surface area contributed by atoms with E-state index < -0.39 is 35.9 Å². The van der Waals surface area contributed by atoms with Crippen LogP contribution in [0.3, 0.4) is 0 Å². The SMILES string of the molecule is CC(C)n1nccc1NC(=O)[C@H](C)OC(=O)[C@H](C)N1C(=O)[C@@H]2CC=CC[C@H]2C1=O. The van der Waals surface area contributed by atoms with Crippen molar-refractivity contribution < 1.29 is 23.9 Å². The summed E-state index contributed by atoms with van der Waals surface area (Å²) in [5.41, 5.74) is 0. The van der Waals surface area contributed by atoms with E-state index in [2.05, 4.69) is 10.4 Å². The minimum absolute atomic E-state index is 0.0448. The lowest BCUT2D eigenvalue weighted by molar-refractivity contribution is -0.163. The van der Waals surface area contributed by atoms with Crippen molar-refractivity contribution in [1.29, 1.82) is 0 Å². The van der Waals surface area contributed by atoms with E-state index in [0.717, 1.165) is 4.90 Å². The number of allylic oxidation sites excluding steroid dienone is 2. The number of amides is 3. The first-order chi connectivity index (χ1) is 13.7. The van der Waals surface area contributed by atoms with Crippen LogP contribution in [0.4, 0.5) is 5.82 Å². The molecule has 3 rings (SSSR count). The lowest BCUT2D eigenvalue weighted by atomic mass is 9.85. The third-order valence-corrected chi connectivity index (χ3v) is 5.34. The minimum atomic E-state index is -1.10. The van der Waals surface area contributed by atoms with E-state index in [0.29, 0.717) is 18.7 Å². The van der Waals surface area contributed by atoms with Crippen LogP contribution in [0.25, 0.3) is 0 Å². The Labute approximate surface area is 169 Å². The molecule has 0 spiro atoms. The summed E-state index contributed by atoms with van der Waals surface area (Å²) in [4.78, 5) is 51.1. The number of fused-ring (bicyclic) bond motifs is 1. The summed E-state index contributed by atoms with van der Waals surface area (Å²) >= 11 is 0. The van der Waals surface area contributed by atoms with Crippen LogP contribution in [-0.2, 0) is 23.9 Å². The average Bonchev–Trinajstić information content (AvgIpc) is 3.24. The Morgan fingerprint density at radius 1 is 1.10 bits per heavy atom. The van der Waals surface area contributed by atoms with Gasteiger partial charge in [-0.2, -0.15) is 5.10 Å². The molecule has 1 fully saturated rings. The van der Waals surface area contributed by atoms with Gasteiger partial charge in [-0.15, -0.1) is 0 Å². The van der Waals surface area contributed by atoms with Crippen LogP contribution in [0.1, 0.15) is 46.6 Å². The number of carbonyl (C=O) groups is 4. The zero-order valence-corrected chi connectivity index (χ0v) is 17.0. The number of nitrogens with one attached hydrogen (secondary N) is 1. The van der Waals surface area contributed by atoms with E-state index in [1.165, 1.54) is 13.8 Å². The molecular weight excluding hydrogens is 376 g/mol. The Morgan fingerprint density at radius 2 is 1.69 bits per heavy atom. The van der Waals surface area contributed by atoms with Crippen molar-refractivity contribution in [3.63, 3.8) is 0 Å². The van der Waals surface area contributed by atoms with Gasteiger partial charge in [-0.3, -0.25) is 19.3 Å². The van der Waals surface area contributed by atoms with Gasteiger partial charge in [-0.05, 0) is 40.5 Å². The second-order valence-corrected chi connectivity index (χ2v) is 7.70. The number of rotatable bonds is 6. The molecule has 0 aromatic carbocycles. The van der Waals surface area contributed by atoms with Crippen molar-refractivity contribution in [2.24, 2.45) is 11.8 Å². The molecule has 1 N–H and O–H groups in total. The van der Waals surface area contributed by atoms with Gasteiger partial charge in [0.25, 0.3) is 5.91 Å². The Hall–Kier alpha value is -2.97. The maximum absolute atomic E-state index is 12.6. The van der Waals surface area contributed by atoms with Gasteiger partial charge < -0.3 is 10.1 Å². The zero-order chi connectivity index (χ0) is 21.3. The predicted octanol–water partition coefficient (Wildman–Crippen LogP) is 1.67. The van der Waals surface area contributed by atoms with Gasteiger partial charge in [0.05, 0.1) is 18.0 Å². The molecular formula is C20H26N4O5. The van der Waals surface area contributed by atoms with Crippen molar-refractivity contribution in [2.75, 3.05) is 5.32 Å². The number of esters is 1. The summed E-state index contributed by atoms with van der Waals surface area (Å²) in [6, 6.07) is 0.604. The standard InChI is InChI=1S/C20H26N4O5/c1-11(2)24-16(9-10-21-24)22-17(25)13(4)29-20(28)12(3)23-18(26)14-7-5-6-8-15(14)19(23)27/h5-6,9-15H,7-8H2,1-4H3,(H,22,25)/t12-,13-,14+,15+/m0/s1. The van der Waals surface area contributed by atoms with Gasteiger partial charge in [0.15, 0.2) is 6.10 Å². The fourth-order valence-electron chi connectivity index (χ4n) is 3.69. The third-order valence-electron chi connectivity index (χ3n) is 5.34. The Morgan fingerprint density at radius 3 is 2.24 bits per heavy atom. The molecule has 0 radical (unpaired) electrons. The van der Waals surface area contributed by atoms with Crippen LogP contribution in [0.2, 0.25) is 0 Å². The topological polar surface area (TPSA) is 111 Å². The van der Waals surface area contributed by atoms with Crippen molar-refractivity contribution in [3.8, 4) is 0 Å². The van der Waals surface area contributed by atoms with E-state index in [9.17, 15) is 19.2 Å². The van der Waals surface area contributed by atoms with Crippen LogP contribution in [0.15, 0.2) is 24.4 Å². The van der Waals surface area contributed by atoms with Crippen LogP contribution in [0, 0.1) is 11.8 Å². The molecule has 1 aliphatic carbocycles. The van der Waals surface area contributed by atoms with Crippen LogP contribution in [0.5, 0.6) is 0 Å². The summed E-state index contributed by atoms with van der Waals surface area (Å²) in [7, 11) is 0. The highest BCUT2D eigenvalue weighted by Gasteiger charge is 2.50. The molecule has 9 nitrogen and oxygen atoms in total. The van der Waals surface area contributed by atoms with Gasteiger partial charge in [0.1, 0.15) is 11.9 Å². The monoisotopic (exact) mass is 402 g/mol. The fraction of sp³-hybridized carbons (Fsp3) is 0.550. The highest BCUT2D eigenvalue weighted by Crippen LogP contribution is 2.36. The lowest BCUT2D eigenvalue weighted by Crippen LogP contribution is -2.46. The van der Waals surface area contributed by atoms with E-state index >= 15 is 0 Å². The maximum atomic E-state index is 12.6. The third kappa shape index (κ3) is 3.94. The number of hydrogen-bond acceptors (Lipinski definition) is 6. The quantitative estimate of drug-likeness (QED) is 0.440. The molecule has 156 valence electrons. The van der Waals surface area contributed by atoms with Gasteiger partial charge in [-0.1, -0.05) is 12.2 Å². The number of carbonyl (C=O) groups excluding carboxylic acids is 4. The van der Waals surface area contributed by atoms with Crippen LogP contribution >= 0.6 is 0 Å². The summed E-state index contributed by atoms with van der Waals surface area (Å²) in [5.74, 6) is -2.37. The molecule has 9 heteroatoms. The molecule has 29 heavy (non-hydrogen) atoms. The largest absolute Gasteiger partial charge is 0.451 e. The summed E-state index contributed by atoms with van der Waals surface area (Å²) in [5, 5.41) is 6.80. The summed E-state index contributed by atoms with van der Waals surface area (Å²) in [6.45, 7) is 6.73. The summed E-state index contributed by atoms with van der Waals surface area (Å²) < 4.78 is 6.87. The molecule has 2 heterocycles. The number of anilines is 1. The smallest absolute Gasteiger partial charge is 0.329 e.